The van der Waals surface area contributed by atoms with Gasteiger partial charge < -0.3 is 19.5 Å². The molecule has 1 N–H and O–H groups in total. The number of nitrogens with one attached hydrogen (secondary N) is 1. The third-order valence-electron chi connectivity index (χ3n) is 4.58. The predicted octanol–water partition coefficient (Wildman–Crippen LogP) is 1.53. The van der Waals surface area contributed by atoms with Gasteiger partial charge in [-0.25, -0.2) is 9.67 Å². The molecule has 9 nitrogen and oxygen atoms in total. The second-order valence-electron chi connectivity index (χ2n) is 6.77. The Hall–Kier alpha value is -3.20. The molecule has 3 aromatic rings. The number of hydrogen-bond donors (Lipinski definition) is 1. The van der Waals surface area contributed by atoms with Gasteiger partial charge in [0.25, 0.3) is 0 Å². The molecular weight excluding hydrogens is 368 g/mol. The number of para-hydroxylation sites is 1. The molecule has 0 aliphatic rings. The van der Waals surface area contributed by atoms with Gasteiger partial charge in [0.05, 0.1) is 18.5 Å². The van der Waals surface area contributed by atoms with Crippen molar-refractivity contribution >= 4 is 5.96 Å². The normalized spacial score (nSPS) is 11.7. The molecule has 2 heterocycles. The third kappa shape index (κ3) is 5.41. The minimum absolute atomic E-state index is 0.445. The summed E-state index contributed by atoms with van der Waals surface area (Å²) in [5, 5.41) is 16.1. The molecule has 0 unspecified atom stereocenters. The number of aryl methyl sites for hydroxylation is 1. The lowest BCUT2D eigenvalue weighted by Gasteiger charge is -2.22. The van der Waals surface area contributed by atoms with Gasteiger partial charge in [-0.3, -0.25) is 0 Å². The molecule has 29 heavy (non-hydrogen) atoms. The molecule has 0 radical (unpaired) electrons. The molecule has 0 saturated carbocycles. The van der Waals surface area contributed by atoms with E-state index in [1.54, 1.807) is 7.11 Å². The molecular formula is C20H28N8O. The first-order valence-corrected chi connectivity index (χ1v) is 9.50. The van der Waals surface area contributed by atoms with Crippen molar-refractivity contribution in [2.75, 3.05) is 27.3 Å². The van der Waals surface area contributed by atoms with Crippen molar-refractivity contribution in [2.24, 2.45) is 12.0 Å². The first kappa shape index (κ1) is 20.5. The van der Waals surface area contributed by atoms with E-state index in [1.165, 1.54) is 0 Å². The van der Waals surface area contributed by atoms with Gasteiger partial charge in [0.1, 0.15) is 12.4 Å². The summed E-state index contributed by atoms with van der Waals surface area (Å²) < 4.78 is 8.97. The maximum absolute atomic E-state index is 5.15. The Morgan fingerprint density at radius 2 is 2.03 bits per heavy atom. The first-order valence-electron chi connectivity index (χ1n) is 9.50. The average Bonchev–Trinajstić information content (AvgIpc) is 3.32. The number of nitrogens with zero attached hydrogens (tertiary/aromatic N) is 7. The van der Waals surface area contributed by atoms with Crippen LogP contribution in [0.1, 0.15) is 17.2 Å². The fourth-order valence-corrected chi connectivity index (χ4v) is 2.82. The van der Waals surface area contributed by atoms with E-state index in [-0.39, 0.29) is 0 Å². The van der Waals surface area contributed by atoms with E-state index < -0.39 is 0 Å². The van der Waals surface area contributed by atoms with Crippen LogP contribution in [0, 0.1) is 6.92 Å². The minimum atomic E-state index is 0.445. The summed E-state index contributed by atoms with van der Waals surface area (Å²) in [7, 11) is 5.63. The number of aromatic nitrogens is 5. The van der Waals surface area contributed by atoms with Gasteiger partial charge in [-0.15, -0.1) is 10.2 Å². The van der Waals surface area contributed by atoms with Crippen molar-refractivity contribution < 1.29 is 4.74 Å². The first-order chi connectivity index (χ1) is 14.1. The summed E-state index contributed by atoms with van der Waals surface area (Å²) in [4.78, 5) is 6.79. The number of hydrogen-bond acceptors (Lipinski definition) is 5. The fourth-order valence-electron chi connectivity index (χ4n) is 2.82. The monoisotopic (exact) mass is 396 g/mol. The number of benzene rings is 1. The fraction of sp³-hybridized carbons (Fsp3) is 0.400. The van der Waals surface area contributed by atoms with E-state index in [2.05, 4.69) is 25.5 Å². The molecule has 0 bridgehead atoms. The standard InChI is InChI=1S/C20H28N8O/c1-16-24-25-19(27(16)3)13-22-20(21-10-11-29-4)26(2)14-17-12-23-28(15-17)18-8-6-5-7-9-18/h5-9,12,15H,10-11,13-14H2,1-4H3,(H,21,22). The molecule has 0 amide bonds. The lowest BCUT2D eigenvalue weighted by atomic mass is 10.3. The van der Waals surface area contributed by atoms with Crippen molar-refractivity contribution in [2.45, 2.75) is 20.0 Å². The highest BCUT2D eigenvalue weighted by atomic mass is 16.5. The number of aliphatic imine (C=N–C) groups is 1. The van der Waals surface area contributed by atoms with Crippen LogP contribution in [0.25, 0.3) is 5.69 Å². The number of methoxy groups -OCH3 is 1. The summed E-state index contributed by atoms with van der Waals surface area (Å²) in [5.74, 6) is 2.46. The molecule has 0 saturated heterocycles. The van der Waals surface area contributed by atoms with Gasteiger partial charge in [0.15, 0.2) is 11.8 Å². The highest BCUT2D eigenvalue weighted by Crippen LogP contribution is 2.09. The van der Waals surface area contributed by atoms with E-state index in [0.717, 1.165) is 28.9 Å². The van der Waals surface area contributed by atoms with Crippen LogP contribution in [0.2, 0.25) is 0 Å². The molecule has 3 rings (SSSR count). The summed E-state index contributed by atoms with van der Waals surface area (Å²) in [6.07, 6.45) is 3.91. The molecule has 2 aromatic heterocycles. The SMILES string of the molecule is COCCNC(=NCc1nnc(C)n1C)N(C)Cc1cnn(-c2ccccc2)c1. The van der Waals surface area contributed by atoms with Crippen molar-refractivity contribution in [3.8, 4) is 5.69 Å². The smallest absolute Gasteiger partial charge is 0.194 e. The summed E-state index contributed by atoms with van der Waals surface area (Å²) in [6.45, 7) is 4.31. The van der Waals surface area contributed by atoms with E-state index in [4.69, 9.17) is 9.73 Å². The predicted molar refractivity (Wildman–Crippen MR) is 112 cm³/mol. The Bertz CT molecular complexity index is 931. The van der Waals surface area contributed by atoms with Gasteiger partial charge in [0.2, 0.25) is 0 Å². The van der Waals surface area contributed by atoms with Crippen LogP contribution in [0.4, 0.5) is 0 Å². The maximum Gasteiger partial charge on any atom is 0.194 e. The van der Waals surface area contributed by atoms with Crippen LogP contribution in [-0.2, 0) is 24.9 Å². The zero-order valence-corrected chi connectivity index (χ0v) is 17.4. The van der Waals surface area contributed by atoms with Gasteiger partial charge in [0, 0.05) is 46.1 Å². The molecule has 0 atom stereocenters. The summed E-state index contributed by atoms with van der Waals surface area (Å²) >= 11 is 0. The quantitative estimate of drug-likeness (QED) is 0.353. The zero-order chi connectivity index (χ0) is 20.6. The van der Waals surface area contributed by atoms with E-state index in [1.807, 2.05) is 73.0 Å². The Morgan fingerprint density at radius 1 is 1.24 bits per heavy atom. The van der Waals surface area contributed by atoms with Crippen molar-refractivity contribution in [3.63, 3.8) is 0 Å². The van der Waals surface area contributed by atoms with Crippen LogP contribution < -0.4 is 5.32 Å². The van der Waals surface area contributed by atoms with Gasteiger partial charge in [-0.05, 0) is 19.1 Å². The third-order valence-corrected chi connectivity index (χ3v) is 4.58. The van der Waals surface area contributed by atoms with Gasteiger partial charge in [-0.1, -0.05) is 18.2 Å². The van der Waals surface area contributed by atoms with Gasteiger partial charge >= 0.3 is 0 Å². The maximum atomic E-state index is 5.15. The topological polar surface area (TPSA) is 85.4 Å². The Labute approximate surface area is 171 Å². The second kappa shape index (κ2) is 9.83. The minimum Gasteiger partial charge on any atom is -0.383 e. The number of rotatable bonds is 8. The van der Waals surface area contributed by atoms with Gasteiger partial charge in [-0.2, -0.15) is 5.10 Å². The van der Waals surface area contributed by atoms with Crippen LogP contribution in [0.15, 0.2) is 47.7 Å². The second-order valence-corrected chi connectivity index (χ2v) is 6.77. The highest BCUT2D eigenvalue weighted by Gasteiger charge is 2.11. The van der Waals surface area contributed by atoms with E-state index >= 15 is 0 Å². The Balaban J connectivity index is 1.70. The number of ether oxygens (including phenoxy) is 1. The van der Waals surface area contributed by atoms with E-state index in [9.17, 15) is 0 Å². The Kier molecular flexibility index (Phi) is 6.96. The molecule has 1 aromatic carbocycles. The van der Waals surface area contributed by atoms with Crippen LogP contribution in [0.5, 0.6) is 0 Å². The van der Waals surface area contributed by atoms with Crippen LogP contribution in [-0.4, -0.2) is 62.7 Å². The molecule has 9 heteroatoms. The lowest BCUT2D eigenvalue weighted by Crippen LogP contribution is -2.40. The van der Waals surface area contributed by atoms with Crippen molar-refractivity contribution in [1.29, 1.82) is 0 Å². The summed E-state index contributed by atoms with van der Waals surface area (Å²) in [5.41, 5.74) is 2.12. The van der Waals surface area contributed by atoms with Crippen molar-refractivity contribution in [1.82, 2.24) is 34.8 Å². The van der Waals surface area contributed by atoms with Crippen LogP contribution >= 0.6 is 0 Å². The molecule has 0 fully saturated rings. The molecule has 0 aliphatic carbocycles. The summed E-state index contributed by atoms with van der Waals surface area (Å²) in [6, 6.07) is 10.1. The highest BCUT2D eigenvalue weighted by molar-refractivity contribution is 5.79. The largest absolute Gasteiger partial charge is 0.383 e. The molecule has 0 aliphatic heterocycles. The van der Waals surface area contributed by atoms with Crippen LogP contribution in [0.3, 0.4) is 0 Å². The average molecular weight is 396 g/mol. The van der Waals surface area contributed by atoms with E-state index in [0.29, 0.717) is 26.2 Å². The van der Waals surface area contributed by atoms with Crippen molar-refractivity contribution in [3.05, 3.63) is 59.9 Å². The zero-order valence-electron chi connectivity index (χ0n) is 17.4. The number of guanidine groups is 1. The molecule has 0 spiro atoms. The molecule has 154 valence electrons. The lowest BCUT2D eigenvalue weighted by molar-refractivity contribution is 0.203. The Morgan fingerprint density at radius 3 is 2.72 bits per heavy atom.